The predicted molar refractivity (Wildman–Crippen MR) is 109 cm³/mol. The molecule has 2 heterocycles. The van der Waals surface area contributed by atoms with Crippen molar-refractivity contribution in [3.05, 3.63) is 84.3 Å². The molecule has 1 atom stereocenters. The standard InChI is InChI=1S/C22H20N4O3/c1-26-14-13-23-22(26)21(15-7-9-16(28-2)10-8-15)25-19(27)11-12-20-24-17-5-3-4-6-18(17)29-20/h3-14,21H,1-2H3,(H,25,27)/b12-11+. The third-order valence-electron chi connectivity index (χ3n) is 4.54. The number of para-hydroxylation sites is 2. The Hall–Kier alpha value is -3.87. The molecule has 0 bridgehead atoms. The third-order valence-corrected chi connectivity index (χ3v) is 4.54. The fourth-order valence-electron chi connectivity index (χ4n) is 3.05. The first kappa shape index (κ1) is 18.5. The van der Waals surface area contributed by atoms with Crippen LogP contribution in [0.1, 0.15) is 23.3 Å². The molecular formula is C22H20N4O3. The summed E-state index contributed by atoms with van der Waals surface area (Å²) in [6.45, 7) is 0. The molecule has 1 N–H and O–H groups in total. The van der Waals surface area contributed by atoms with Gasteiger partial charge < -0.3 is 19.0 Å². The molecule has 0 fully saturated rings. The Morgan fingerprint density at radius 1 is 1.21 bits per heavy atom. The number of aryl methyl sites for hydroxylation is 1. The number of benzene rings is 2. The third kappa shape index (κ3) is 4.03. The molecule has 0 aliphatic heterocycles. The van der Waals surface area contributed by atoms with Crippen molar-refractivity contribution in [2.75, 3.05) is 7.11 Å². The number of methoxy groups -OCH3 is 1. The molecule has 4 aromatic rings. The number of imidazole rings is 1. The number of nitrogens with one attached hydrogen (secondary N) is 1. The van der Waals surface area contributed by atoms with Gasteiger partial charge in [-0.3, -0.25) is 4.79 Å². The number of amides is 1. The molecule has 4 rings (SSSR count). The maximum atomic E-state index is 12.6. The van der Waals surface area contributed by atoms with Gasteiger partial charge in [0.05, 0.1) is 7.11 Å². The average molecular weight is 388 g/mol. The van der Waals surface area contributed by atoms with Crippen LogP contribution in [0, 0.1) is 0 Å². The number of nitrogens with zero attached hydrogens (tertiary/aromatic N) is 3. The molecule has 0 aliphatic rings. The van der Waals surface area contributed by atoms with Crippen molar-refractivity contribution in [3.63, 3.8) is 0 Å². The molecule has 0 aliphatic carbocycles. The maximum absolute atomic E-state index is 12.6. The Kier molecular flexibility index (Phi) is 5.11. The second kappa shape index (κ2) is 8.02. The summed E-state index contributed by atoms with van der Waals surface area (Å²) in [5.74, 6) is 1.56. The summed E-state index contributed by atoms with van der Waals surface area (Å²) in [6.07, 6.45) is 6.50. The Morgan fingerprint density at radius 3 is 2.69 bits per heavy atom. The zero-order valence-electron chi connectivity index (χ0n) is 16.1. The number of fused-ring (bicyclic) bond motifs is 1. The number of oxazole rings is 1. The number of hydrogen-bond donors (Lipinski definition) is 1. The summed E-state index contributed by atoms with van der Waals surface area (Å²) in [6, 6.07) is 14.6. The molecule has 29 heavy (non-hydrogen) atoms. The molecule has 1 amide bonds. The zero-order chi connectivity index (χ0) is 20.2. The van der Waals surface area contributed by atoms with E-state index < -0.39 is 6.04 Å². The predicted octanol–water partition coefficient (Wildman–Crippen LogP) is 3.49. The topological polar surface area (TPSA) is 82.2 Å². The molecule has 1 unspecified atom stereocenters. The molecule has 0 radical (unpaired) electrons. The van der Waals surface area contributed by atoms with E-state index in [1.807, 2.05) is 66.3 Å². The lowest BCUT2D eigenvalue weighted by Gasteiger charge is -2.18. The van der Waals surface area contributed by atoms with Crippen molar-refractivity contribution in [2.45, 2.75) is 6.04 Å². The largest absolute Gasteiger partial charge is 0.497 e. The van der Waals surface area contributed by atoms with Gasteiger partial charge in [0.2, 0.25) is 11.8 Å². The second-order valence-electron chi connectivity index (χ2n) is 6.46. The minimum atomic E-state index is -0.415. The number of carbonyl (C=O) groups excluding carboxylic acids is 1. The van der Waals surface area contributed by atoms with E-state index >= 15 is 0 Å². The summed E-state index contributed by atoms with van der Waals surface area (Å²) >= 11 is 0. The number of hydrogen-bond acceptors (Lipinski definition) is 5. The fraction of sp³-hybridized carbons (Fsp3) is 0.136. The quantitative estimate of drug-likeness (QED) is 0.511. The molecule has 7 heteroatoms. The van der Waals surface area contributed by atoms with Crippen LogP contribution in [0.4, 0.5) is 0 Å². The number of carbonyl (C=O) groups is 1. The van der Waals surface area contributed by atoms with Gasteiger partial charge in [0.1, 0.15) is 23.1 Å². The van der Waals surface area contributed by atoms with Crippen LogP contribution >= 0.6 is 0 Å². The highest BCUT2D eigenvalue weighted by Crippen LogP contribution is 2.23. The van der Waals surface area contributed by atoms with E-state index in [2.05, 4.69) is 15.3 Å². The van der Waals surface area contributed by atoms with E-state index in [1.54, 1.807) is 19.4 Å². The van der Waals surface area contributed by atoms with Crippen molar-refractivity contribution >= 4 is 23.1 Å². The summed E-state index contributed by atoms with van der Waals surface area (Å²) in [7, 11) is 3.50. The van der Waals surface area contributed by atoms with E-state index in [4.69, 9.17) is 9.15 Å². The Balaban J connectivity index is 1.56. The lowest BCUT2D eigenvalue weighted by atomic mass is 10.1. The SMILES string of the molecule is COc1ccc(C(NC(=O)/C=C/c2nc3ccccc3o2)c2nccn2C)cc1. The van der Waals surface area contributed by atoms with Gasteiger partial charge in [-0.25, -0.2) is 9.97 Å². The van der Waals surface area contributed by atoms with Gasteiger partial charge in [0.25, 0.3) is 0 Å². The van der Waals surface area contributed by atoms with E-state index in [9.17, 15) is 4.79 Å². The van der Waals surface area contributed by atoms with Gasteiger partial charge in [-0.15, -0.1) is 0 Å². The maximum Gasteiger partial charge on any atom is 0.245 e. The fourth-order valence-corrected chi connectivity index (χ4v) is 3.05. The van der Waals surface area contributed by atoms with E-state index in [-0.39, 0.29) is 5.91 Å². The van der Waals surface area contributed by atoms with Crippen LogP contribution in [-0.2, 0) is 11.8 Å². The molecule has 146 valence electrons. The van der Waals surface area contributed by atoms with E-state index in [0.717, 1.165) is 22.7 Å². The first-order chi connectivity index (χ1) is 14.1. The smallest absolute Gasteiger partial charge is 0.245 e. The highest BCUT2D eigenvalue weighted by Gasteiger charge is 2.20. The van der Waals surface area contributed by atoms with Gasteiger partial charge in [-0.1, -0.05) is 24.3 Å². The first-order valence-corrected chi connectivity index (χ1v) is 9.09. The molecule has 7 nitrogen and oxygen atoms in total. The summed E-state index contributed by atoms with van der Waals surface area (Å²) in [5, 5.41) is 3.00. The van der Waals surface area contributed by atoms with E-state index in [0.29, 0.717) is 11.5 Å². The van der Waals surface area contributed by atoms with Gasteiger partial charge in [0.15, 0.2) is 5.58 Å². The molecular weight excluding hydrogens is 368 g/mol. The number of rotatable bonds is 6. The number of aromatic nitrogens is 3. The minimum absolute atomic E-state index is 0.281. The average Bonchev–Trinajstić information content (AvgIpc) is 3.36. The minimum Gasteiger partial charge on any atom is -0.497 e. The van der Waals surface area contributed by atoms with Crippen LogP contribution in [0.15, 0.2) is 71.4 Å². The van der Waals surface area contributed by atoms with Gasteiger partial charge in [0, 0.05) is 31.6 Å². The second-order valence-corrected chi connectivity index (χ2v) is 6.46. The highest BCUT2D eigenvalue weighted by molar-refractivity contribution is 5.92. The van der Waals surface area contributed by atoms with Crippen molar-refractivity contribution < 1.29 is 13.9 Å². The highest BCUT2D eigenvalue weighted by atomic mass is 16.5. The van der Waals surface area contributed by atoms with Gasteiger partial charge in [-0.2, -0.15) is 0 Å². The van der Waals surface area contributed by atoms with Crippen LogP contribution in [-0.4, -0.2) is 27.6 Å². The van der Waals surface area contributed by atoms with E-state index in [1.165, 1.54) is 6.08 Å². The van der Waals surface area contributed by atoms with Crippen molar-refractivity contribution in [2.24, 2.45) is 7.05 Å². The molecule has 2 aromatic heterocycles. The summed E-state index contributed by atoms with van der Waals surface area (Å²) in [4.78, 5) is 21.4. The lowest BCUT2D eigenvalue weighted by molar-refractivity contribution is -0.117. The van der Waals surface area contributed by atoms with Crippen LogP contribution in [0.2, 0.25) is 0 Å². The Bertz CT molecular complexity index is 1130. The van der Waals surface area contributed by atoms with Crippen LogP contribution in [0.3, 0.4) is 0 Å². The monoisotopic (exact) mass is 388 g/mol. The summed E-state index contributed by atoms with van der Waals surface area (Å²) in [5.41, 5.74) is 2.32. The lowest BCUT2D eigenvalue weighted by Crippen LogP contribution is -2.29. The molecule has 0 saturated heterocycles. The van der Waals surface area contributed by atoms with Gasteiger partial charge >= 0.3 is 0 Å². The van der Waals surface area contributed by atoms with Crippen LogP contribution < -0.4 is 10.1 Å². The normalized spacial score (nSPS) is 12.3. The van der Waals surface area contributed by atoms with Crippen molar-refractivity contribution in [3.8, 4) is 5.75 Å². The Morgan fingerprint density at radius 2 is 2.00 bits per heavy atom. The van der Waals surface area contributed by atoms with Crippen molar-refractivity contribution in [1.29, 1.82) is 0 Å². The van der Waals surface area contributed by atoms with Crippen molar-refractivity contribution in [1.82, 2.24) is 19.9 Å². The summed E-state index contributed by atoms with van der Waals surface area (Å²) < 4.78 is 12.7. The molecule has 2 aromatic carbocycles. The molecule has 0 spiro atoms. The zero-order valence-corrected chi connectivity index (χ0v) is 16.1. The molecule has 0 saturated carbocycles. The van der Waals surface area contributed by atoms with Gasteiger partial charge in [-0.05, 0) is 29.8 Å². The Labute approximate surface area is 167 Å². The van der Waals surface area contributed by atoms with Crippen LogP contribution in [0.25, 0.3) is 17.2 Å². The number of ether oxygens (including phenoxy) is 1. The first-order valence-electron chi connectivity index (χ1n) is 9.09. The van der Waals surface area contributed by atoms with Crippen LogP contribution in [0.5, 0.6) is 5.75 Å².